The van der Waals surface area contributed by atoms with Crippen molar-refractivity contribution in [2.75, 3.05) is 6.54 Å². The summed E-state index contributed by atoms with van der Waals surface area (Å²) in [6, 6.07) is 14.8. The minimum Gasteiger partial charge on any atom is -0.348 e. The van der Waals surface area contributed by atoms with E-state index < -0.39 is 17.5 Å². The fourth-order valence-electron chi connectivity index (χ4n) is 4.73. The summed E-state index contributed by atoms with van der Waals surface area (Å²) in [6.07, 6.45) is 1.01. The molecule has 172 valence electrons. The van der Waals surface area contributed by atoms with Crippen LogP contribution < -0.4 is 5.32 Å². The first-order chi connectivity index (χ1) is 15.6. The zero-order valence-electron chi connectivity index (χ0n) is 19.9. The lowest BCUT2D eigenvalue weighted by atomic mass is 9.88. The molecular weight excluding hydrogens is 414 g/mol. The molecule has 4 rings (SSSR count). The summed E-state index contributed by atoms with van der Waals surface area (Å²) < 4.78 is 2.14. The normalized spacial score (nSPS) is 18.4. The maximum atomic E-state index is 13.5. The van der Waals surface area contributed by atoms with E-state index in [0.717, 1.165) is 45.6 Å². The highest BCUT2D eigenvalue weighted by atomic mass is 16.2. The molecule has 1 aliphatic rings. The van der Waals surface area contributed by atoms with Gasteiger partial charge >= 0.3 is 6.03 Å². The van der Waals surface area contributed by atoms with Crippen molar-refractivity contribution in [3.63, 3.8) is 0 Å². The molecule has 6 heteroatoms. The Labute approximate surface area is 194 Å². The molecule has 1 unspecified atom stereocenters. The van der Waals surface area contributed by atoms with Crippen molar-refractivity contribution in [3.05, 3.63) is 71.0 Å². The number of aryl methyl sites for hydroxylation is 1. The van der Waals surface area contributed by atoms with Crippen LogP contribution in [0.25, 0.3) is 10.8 Å². The number of imide groups is 1. The highest BCUT2D eigenvalue weighted by molar-refractivity contribution is 6.12. The van der Waals surface area contributed by atoms with Gasteiger partial charge in [-0.2, -0.15) is 0 Å². The summed E-state index contributed by atoms with van der Waals surface area (Å²) >= 11 is 0. The molecule has 3 aromatic rings. The van der Waals surface area contributed by atoms with Crippen LogP contribution in [-0.4, -0.2) is 33.7 Å². The minimum atomic E-state index is -1.23. The molecule has 2 aromatic carbocycles. The molecular formula is C27H31N3O3. The molecule has 1 N–H and O–H groups in total. The second kappa shape index (κ2) is 8.50. The first kappa shape index (κ1) is 22.8. The first-order valence-electron chi connectivity index (χ1n) is 11.5. The highest BCUT2D eigenvalue weighted by Gasteiger charge is 2.50. The van der Waals surface area contributed by atoms with Crippen molar-refractivity contribution in [2.45, 2.75) is 53.1 Å². The first-order valence-corrected chi connectivity index (χ1v) is 11.5. The Balaban J connectivity index is 1.60. The molecule has 1 fully saturated rings. The van der Waals surface area contributed by atoms with Crippen LogP contribution in [-0.2, 0) is 16.9 Å². The molecule has 0 aliphatic carbocycles. The fourth-order valence-corrected chi connectivity index (χ4v) is 4.73. The van der Waals surface area contributed by atoms with E-state index in [0.29, 0.717) is 11.5 Å². The van der Waals surface area contributed by atoms with Crippen molar-refractivity contribution in [1.82, 2.24) is 14.8 Å². The second-order valence-electron chi connectivity index (χ2n) is 9.52. The molecule has 0 saturated carbocycles. The van der Waals surface area contributed by atoms with E-state index in [4.69, 9.17) is 0 Å². The molecule has 6 nitrogen and oxygen atoms in total. The lowest BCUT2D eigenvalue weighted by Crippen LogP contribution is -2.41. The van der Waals surface area contributed by atoms with Crippen molar-refractivity contribution in [2.24, 2.45) is 5.92 Å². The van der Waals surface area contributed by atoms with Gasteiger partial charge in [0.1, 0.15) is 5.54 Å². The van der Waals surface area contributed by atoms with Crippen LogP contribution in [0.5, 0.6) is 0 Å². The number of carbonyl (C=O) groups excluding carboxylic acids is 3. The van der Waals surface area contributed by atoms with E-state index in [1.165, 1.54) is 0 Å². The fraction of sp³-hybridized carbons (Fsp3) is 0.370. The van der Waals surface area contributed by atoms with Crippen molar-refractivity contribution in [3.8, 4) is 0 Å². The lowest BCUT2D eigenvalue weighted by Gasteiger charge is -2.24. The Morgan fingerprint density at radius 1 is 1.06 bits per heavy atom. The zero-order valence-corrected chi connectivity index (χ0v) is 19.9. The molecule has 3 amide bonds. The predicted octanol–water partition coefficient (Wildman–Crippen LogP) is 4.95. The van der Waals surface area contributed by atoms with Crippen molar-refractivity contribution >= 4 is 28.5 Å². The van der Waals surface area contributed by atoms with Gasteiger partial charge in [-0.25, -0.2) is 4.79 Å². The zero-order chi connectivity index (χ0) is 23.9. The predicted molar refractivity (Wildman–Crippen MR) is 129 cm³/mol. The number of aromatic nitrogens is 1. The average molecular weight is 446 g/mol. The molecule has 1 saturated heterocycles. The number of benzene rings is 2. The maximum Gasteiger partial charge on any atom is 0.325 e. The number of hydrogen-bond donors (Lipinski definition) is 1. The number of rotatable bonds is 7. The Kier molecular flexibility index (Phi) is 5.87. The summed E-state index contributed by atoms with van der Waals surface area (Å²) in [5, 5.41) is 4.73. The van der Waals surface area contributed by atoms with Crippen LogP contribution in [0.4, 0.5) is 4.79 Å². The number of nitrogens with zero attached hydrogens (tertiary/aromatic N) is 2. The Morgan fingerprint density at radius 3 is 2.48 bits per heavy atom. The third kappa shape index (κ3) is 3.94. The number of nitrogens with one attached hydrogen (secondary N) is 1. The minimum absolute atomic E-state index is 0.232. The van der Waals surface area contributed by atoms with Gasteiger partial charge in [0.2, 0.25) is 0 Å². The number of amides is 3. The number of urea groups is 1. The SMILES string of the molecule is Cc1cc(C(=O)CN2C(=O)NC(C)(c3cccc4ccccc34)C2=O)c(C)n1CCC(C)C. The molecule has 1 aliphatic heterocycles. The lowest BCUT2D eigenvalue weighted by molar-refractivity contribution is -0.130. The summed E-state index contributed by atoms with van der Waals surface area (Å²) in [7, 11) is 0. The van der Waals surface area contributed by atoms with E-state index in [2.05, 4.69) is 23.7 Å². The van der Waals surface area contributed by atoms with Crippen LogP contribution in [0.1, 0.15) is 54.5 Å². The van der Waals surface area contributed by atoms with Crippen LogP contribution >= 0.6 is 0 Å². The number of carbonyl (C=O) groups is 3. The molecule has 1 atom stereocenters. The Morgan fingerprint density at radius 2 is 1.76 bits per heavy atom. The third-order valence-electron chi connectivity index (χ3n) is 6.71. The van der Waals surface area contributed by atoms with Crippen LogP contribution in [0.15, 0.2) is 48.5 Å². The van der Waals surface area contributed by atoms with E-state index >= 15 is 0 Å². The molecule has 33 heavy (non-hydrogen) atoms. The van der Waals surface area contributed by atoms with E-state index in [1.54, 1.807) is 6.92 Å². The Hall–Kier alpha value is -3.41. The van der Waals surface area contributed by atoms with Crippen LogP contribution in [0.2, 0.25) is 0 Å². The van der Waals surface area contributed by atoms with Gasteiger partial charge < -0.3 is 9.88 Å². The van der Waals surface area contributed by atoms with Gasteiger partial charge in [0.05, 0.1) is 6.54 Å². The van der Waals surface area contributed by atoms with Gasteiger partial charge in [-0.05, 0) is 55.5 Å². The summed E-state index contributed by atoms with van der Waals surface area (Å²) in [5.74, 6) is -0.0848. The summed E-state index contributed by atoms with van der Waals surface area (Å²) in [6.45, 7) is 10.5. The number of hydrogen-bond acceptors (Lipinski definition) is 3. The van der Waals surface area contributed by atoms with Gasteiger partial charge in [-0.3, -0.25) is 14.5 Å². The third-order valence-corrected chi connectivity index (χ3v) is 6.71. The maximum absolute atomic E-state index is 13.5. The standard InChI is InChI=1S/C27H31N3O3/c1-17(2)13-14-29-18(3)15-22(19(29)4)24(31)16-30-25(32)27(5,28-26(30)33)23-12-8-10-20-9-6-7-11-21(20)23/h6-12,15,17H,13-14,16H2,1-5H3,(H,28,33). The summed E-state index contributed by atoms with van der Waals surface area (Å²) in [5.41, 5.74) is 1.94. The van der Waals surface area contributed by atoms with Gasteiger partial charge in [-0.15, -0.1) is 0 Å². The van der Waals surface area contributed by atoms with Gasteiger partial charge in [0, 0.05) is 23.5 Å². The van der Waals surface area contributed by atoms with Gasteiger partial charge in [0.15, 0.2) is 5.78 Å². The number of ketones is 1. The monoisotopic (exact) mass is 445 g/mol. The number of fused-ring (bicyclic) bond motifs is 1. The Bertz CT molecular complexity index is 1250. The molecule has 2 heterocycles. The van der Waals surface area contributed by atoms with Crippen molar-refractivity contribution in [1.29, 1.82) is 0 Å². The summed E-state index contributed by atoms with van der Waals surface area (Å²) in [4.78, 5) is 40.6. The average Bonchev–Trinajstić information content (AvgIpc) is 3.19. The molecule has 0 radical (unpaired) electrons. The smallest absolute Gasteiger partial charge is 0.325 e. The highest BCUT2D eigenvalue weighted by Crippen LogP contribution is 2.34. The van der Waals surface area contributed by atoms with E-state index in [9.17, 15) is 14.4 Å². The van der Waals surface area contributed by atoms with E-state index in [1.807, 2.05) is 62.4 Å². The molecule has 0 spiro atoms. The van der Waals surface area contributed by atoms with E-state index in [-0.39, 0.29) is 12.3 Å². The topological polar surface area (TPSA) is 71.4 Å². The van der Waals surface area contributed by atoms with Crippen LogP contribution in [0.3, 0.4) is 0 Å². The second-order valence-corrected chi connectivity index (χ2v) is 9.52. The largest absolute Gasteiger partial charge is 0.348 e. The molecule has 1 aromatic heterocycles. The number of Topliss-reactive ketones (excluding diaryl/α,β-unsaturated/α-hetero) is 1. The van der Waals surface area contributed by atoms with Gasteiger partial charge in [0.25, 0.3) is 5.91 Å². The van der Waals surface area contributed by atoms with Crippen molar-refractivity contribution < 1.29 is 14.4 Å². The quantitative estimate of drug-likeness (QED) is 0.413. The van der Waals surface area contributed by atoms with Crippen LogP contribution in [0, 0.1) is 19.8 Å². The molecule has 0 bridgehead atoms. The van der Waals surface area contributed by atoms with Gasteiger partial charge in [-0.1, -0.05) is 56.3 Å².